The van der Waals surface area contributed by atoms with Gasteiger partial charge >= 0.3 is 6.09 Å². The molecule has 2 atom stereocenters. The van der Waals surface area contributed by atoms with Crippen molar-refractivity contribution >= 4 is 33.8 Å². The molecule has 0 radical (unpaired) electrons. The lowest BCUT2D eigenvalue weighted by atomic mass is 9.72. The number of anilines is 1. The van der Waals surface area contributed by atoms with Crippen LogP contribution in [0, 0.1) is 11.2 Å². The number of rotatable bonds is 9. The zero-order chi connectivity index (χ0) is 36.6. The number of aromatic nitrogens is 2. The van der Waals surface area contributed by atoms with Gasteiger partial charge in [0.05, 0.1) is 30.7 Å². The van der Waals surface area contributed by atoms with Gasteiger partial charge in [-0.3, -0.25) is 18.7 Å². The third kappa shape index (κ3) is 8.45. The van der Waals surface area contributed by atoms with E-state index in [0.717, 1.165) is 6.26 Å². The van der Waals surface area contributed by atoms with Crippen LogP contribution in [0.2, 0.25) is 0 Å². The summed E-state index contributed by atoms with van der Waals surface area (Å²) in [7, 11) is -3.80. The number of benzene rings is 1. The lowest BCUT2D eigenvalue weighted by Crippen LogP contribution is -2.62. The van der Waals surface area contributed by atoms with Gasteiger partial charge in [0, 0.05) is 50.6 Å². The zero-order valence-corrected chi connectivity index (χ0v) is 30.5. The summed E-state index contributed by atoms with van der Waals surface area (Å²) in [6, 6.07) is 2.86. The quantitative estimate of drug-likeness (QED) is 0.345. The number of amides is 3. The largest absolute Gasteiger partial charge is 0.451 e. The van der Waals surface area contributed by atoms with E-state index in [1.165, 1.54) is 35.6 Å². The number of carbonyl (C=O) groups excluding carboxylic acids is 3. The van der Waals surface area contributed by atoms with E-state index in [1.807, 2.05) is 20.8 Å². The van der Waals surface area contributed by atoms with Crippen molar-refractivity contribution in [2.75, 3.05) is 50.4 Å². The van der Waals surface area contributed by atoms with Gasteiger partial charge in [-0.15, -0.1) is 0 Å². The molecule has 1 aromatic carbocycles. The molecule has 1 spiro atoms. The summed E-state index contributed by atoms with van der Waals surface area (Å²) in [5, 5.41) is 0. The second-order valence-electron chi connectivity index (χ2n) is 14.6. The third-order valence-corrected chi connectivity index (χ3v) is 9.87. The molecule has 5 rings (SSSR count). The fraction of sp³-hybridized carbons (Fsp3) is 0.618. The fourth-order valence-corrected chi connectivity index (χ4v) is 7.54. The second kappa shape index (κ2) is 14.3. The molecule has 0 saturated carbocycles. The molecular formula is C34H47FN6O8S. The molecule has 3 saturated heterocycles. The smallest absolute Gasteiger partial charge is 0.411 e. The normalized spacial score (nSPS) is 20.5. The van der Waals surface area contributed by atoms with Gasteiger partial charge in [0.25, 0.3) is 16.0 Å². The molecule has 1 aromatic heterocycles. The van der Waals surface area contributed by atoms with E-state index in [-0.39, 0.29) is 47.5 Å². The Labute approximate surface area is 293 Å². The van der Waals surface area contributed by atoms with Crippen molar-refractivity contribution in [3.8, 4) is 11.5 Å². The Hall–Kier alpha value is -4.05. The third-order valence-electron chi connectivity index (χ3n) is 9.25. The Bertz CT molecular complexity index is 1700. The van der Waals surface area contributed by atoms with Crippen LogP contribution in [-0.2, 0) is 23.8 Å². The second-order valence-corrected chi connectivity index (χ2v) is 16.2. The number of hydrogen-bond acceptors (Lipinski definition) is 11. The minimum Gasteiger partial charge on any atom is -0.451 e. The number of ether oxygens (including phenoxy) is 2. The molecule has 0 unspecified atom stereocenters. The highest BCUT2D eigenvalue weighted by atomic mass is 32.2. The number of carbonyl (C=O) groups is 3. The van der Waals surface area contributed by atoms with Gasteiger partial charge in [-0.25, -0.2) is 19.2 Å². The van der Waals surface area contributed by atoms with Gasteiger partial charge in [-0.05, 0) is 72.6 Å². The summed E-state index contributed by atoms with van der Waals surface area (Å²) < 4.78 is 54.9. The summed E-state index contributed by atoms with van der Waals surface area (Å²) in [6.07, 6.45) is 3.80. The lowest BCUT2D eigenvalue weighted by molar-refractivity contribution is -0.138. The Morgan fingerprint density at radius 1 is 1.12 bits per heavy atom. The van der Waals surface area contributed by atoms with E-state index < -0.39 is 39.8 Å². The average Bonchev–Trinajstić information content (AvgIpc) is 3.42. The van der Waals surface area contributed by atoms with Crippen LogP contribution in [0.1, 0.15) is 71.2 Å². The molecule has 16 heteroatoms. The number of likely N-dealkylation sites (tertiary alicyclic amines) is 2. The summed E-state index contributed by atoms with van der Waals surface area (Å²) in [5.74, 6) is -0.0877. The molecular weight excluding hydrogens is 671 g/mol. The van der Waals surface area contributed by atoms with Gasteiger partial charge in [-0.2, -0.15) is 8.42 Å². The van der Waals surface area contributed by atoms with Gasteiger partial charge in [0.15, 0.2) is 11.6 Å². The van der Waals surface area contributed by atoms with Crippen molar-refractivity contribution in [3.05, 3.63) is 42.1 Å². The molecule has 3 aliphatic heterocycles. The predicted octanol–water partition coefficient (Wildman–Crippen LogP) is 4.06. The number of halogens is 1. The first-order valence-electron chi connectivity index (χ1n) is 16.9. The van der Waals surface area contributed by atoms with E-state index in [1.54, 1.807) is 30.6 Å². The first-order valence-corrected chi connectivity index (χ1v) is 18.7. The maximum atomic E-state index is 14.3. The van der Waals surface area contributed by atoms with Gasteiger partial charge < -0.3 is 24.2 Å². The van der Waals surface area contributed by atoms with Crippen molar-refractivity contribution in [3.63, 3.8) is 0 Å². The topological polar surface area (TPSA) is 152 Å². The van der Waals surface area contributed by atoms with Crippen LogP contribution in [0.5, 0.6) is 11.5 Å². The van der Waals surface area contributed by atoms with Crippen molar-refractivity contribution in [2.24, 2.45) is 5.41 Å². The Balaban J connectivity index is 1.24. The van der Waals surface area contributed by atoms with Gasteiger partial charge in [0.1, 0.15) is 29.5 Å². The molecule has 274 valence electrons. The monoisotopic (exact) mass is 718 g/mol. The summed E-state index contributed by atoms with van der Waals surface area (Å²) in [4.78, 5) is 55.5. The predicted molar refractivity (Wildman–Crippen MR) is 182 cm³/mol. The lowest BCUT2D eigenvalue weighted by Gasteiger charge is -2.54. The van der Waals surface area contributed by atoms with Crippen LogP contribution >= 0.6 is 0 Å². The van der Waals surface area contributed by atoms with E-state index in [4.69, 9.17) is 13.7 Å². The van der Waals surface area contributed by atoms with Crippen LogP contribution in [-0.4, -0.2) is 120 Å². The van der Waals surface area contributed by atoms with Crippen LogP contribution < -0.4 is 9.64 Å². The first kappa shape index (κ1) is 37.2. The van der Waals surface area contributed by atoms with Crippen molar-refractivity contribution in [2.45, 2.75) is 84.6 Å². The number of nitrogens with zero attached hydrogens (tertiary/aromatic N) is 6. The van der Waals surface area contributed by atoms with Crippen LogP contribution in [0.4, 0.5) is 15.0 Å². The Morgan fingerprint density at radius 2 is 1.80 bits per heavy atom. The van der Waals surface area contributed by atoms with Crippen LogP contribution in [0.25, 0.3) is 0 Å². The molecule has 3 amide bonds. The Kier molecular flexibility index (Phi) is 10.6. The van der Waals surface area contributed by atoms with E-state index >= 15 is 0 Å². The molecule has 3 aliphatic rings. The Morgan fingerprint density at radius 3 is 2.40 bits per heavy atom. The van der Waals surface area contributed by atoms with E-state index in [9.17, 15) is 27.2 Å². The highest BCUT2D eigenvalue weighted by Crippen LogP contribution is 2.45. The highest BCUT2D eigenvalue weighted by molar-refractivity contribution is 7.86. The van der Waals surface area contributed by atoms with Crippen LogP contribution in [0.3, 0.4) is 0 Å². The molecule has 3 fully saturated rings. The maximum Gasteiger partial charge on any atom is 0.411 e. The maximum absolute atomic E-state index is 14.3. The zero-order valence-electron chi connectivity index (χ0n) is 29.7. The van der Waals surface area contributed by atoms with E-state index in [0.29, 0.717) is 57.1 Å². The summed E-state index contributed by atoms with van der Waals surface area (Å²) >= 11 is 0. The highest BCUT2D eigenvalue weighted by Gasteiger charge is 2.49. The SMILES string of the molecule is CCN(C(=O)c1cc(F)ccc1Oc1cncnc1N1CC2(CCN(C(=O)[C@@H]3C[C@H](OS(C)(=O)=O)CN3C(=O)OC(C)(C)C)CC2)C1)C(C)C. The molecule has 14 nitrogen and oxygen atoms in total. The molecule has 4 heterocycles. The van der Waals surface area contributed by atoms with Gasteiger partial charge in [0.2, 0.25) is 5.91 Å². The molecule has 50 heavy (non-hydrogen) atoms. The summed E-state index contributed by atoms with van der Waals surface area (Å²) in [5.41, 5.74) is -0.780. The standard InChI is InChI=1S/C34H47FN6O8S/c1-8-40(22(2)3)30(42)25-15-23(35)9-10-27(25)47-28-17-36-21-37-29(28)39-19-34(20-39)11-13-38(14-12-34)31(43)26-16-24(49-50(7,45)46)18-41(26)32(44)48-33(4,5)6/h9-10,15,17,21-22,24,26H,8,11-14,16,18-20H2,1-7H3/t24-,26-/m0/s1. The van der Waals surface area contributed by atoms with Crippen LogP contribution in [0.15, 0.2) is 30.7 Å². The van der Waals surface area contributed by atoms with Crippen molar-refractivity contribution in [1.82, 2.24) is 24.7 Å². The minimum absolute atomic E-state index is 0.0480. The fourth-order valence-electron chi connectivity index (χ4n) is 6.91. The summed E-state index contributed by atoms with van der Waals surface area (Å²) in [6.45, 7) is 13.4. The molecule has 0 N–H and O–H groups in total. The number of hydrogen-bond donors (Lipinski definition) is 0. The first-order chi connectivity index (χ1) is 23.4. The molecule has 0 aliphatic carbocycles. The minimum atomic E-state index is -3.80. The van der Waals surface area contributed by atoms with E-state index in [2.05, 4.69) is 14.9 Å². The van der Waals surface area contributed by atoms with Crippen molar-refractivity contribution < 1.29 is 40.8 Å². The average molecular weight is 719 g/mol. The van der Waals surface area contributed by atoms with Gasteiger partial charge in [-0.1, -0.05) is 0 Å². The molecule has 0 bridgehead atoms. The number of piperidine rings is 1. The van der Waals surface area contributed by atoms with Crippen molar-refractivity contribution in [1.29, 1.82) is 0 Å². The molecule has 2 aromatic rings.